The molecule has 0 atom stereocenters. The summed E-state index contributed by atoms with van der Waals surface area (Å²) >= 11 is 0. The third kappa shape index (κ3) is 21.4. The zero-order valence-corrected chi connectivity index (χ0v) is 9.47. The second-order valence-corrected chi connectivity index (χ2v) is 0. The molecule has 0 bridgehead atoms. The van der Waals surface area contributed by atoms with Crippen molar-refractivity contribution in [3.8, 4) is 0 Å². The Morgan fingerprint density at radius 1 is 1.00 bits per heavy atom. The predicted octanol–water partition coefficient (Wildman–Crippen LogP) is -0.391. The predicted molar refractivity (Wildman–Crippen MR) is 5.75 cm³/mol. The van der Waals surface area contributed by atoms with Crippen LogP contribution in [0.1, 0.15) is 0 Å². The molecule has 0 heterocycles. The molecule has 0 nitrogen and oxygen atoms in total. The number of rotatable bonds is 0. The van der Waals surface area contributed by atoms with Crippen molar-refractivity contribution in [3.05, 3.63) is 0 Å². The summed E-state index contributed by atoms with van der Waals surface area (Å²) in [5.41, 5.74) is 0. The van der Waals surface area contributed by atoms with Crippen LogP contribution in [0, 0.1) is 0 Å². The maximum absolute atomic E-state index is 0. The molecule has 0 aliphatic heterocycles. The van der Waals surface area contributed by atoms with E-state index < -0.39 is 0 Å². The molecule has 0 saturated heterocycles. The van der Waals surface area contributed by atoms with E-state index in [1.54, 1.807) is 0 Å². The second kappa shape index (κ2) is 32.2. The molecule has 5 heteroatoms. The van der Waals surface area contributed by atoms with E-state index in [0.29, 0.717) is 0 Å². The average Bonchev–Trinajstić information content (AvgIpc) is 0. The van der Waals surface area contributed by atoms with Crippen LogP contribution in [0.2, 0.25) is 0 Å². The summed E-state index contributed by atoms with van der Waals surface area (Å²) in [5.74, 6) is 0. The molecule has 0 aromatic heterocycles. The standard InChI is InChI=1S/B.Cu.Mn.Mo.Zn. The molecule has 29 valence electrons. The van der Waals surface area contributed by atoms with Gasteiger partial charge in [-0.25, -0.2) is 0 Å². The Balaban J connectivity index is 0. The summed E-state index contributed by atoms with van der Waals surface area (Å²) in [5, 5.41) is 0. The van der Waals surface area contributed by atoms with E-state index in [1.165, 1.54) is 0 Å². The Morgan fingerprint density at radius 3 is 1.00 bits per heavy atom. The van der Waals surface area contributed by atoms with Gasteiger partial charge in [-0.05, 0) is 0 Å². The molecule has 0 aliphatic rings. The minimum absolute atomic E-state index is 0. The van der Waals surface area contributed by atoms with E-state index >= 15 is 0 Å². The molecule has 0 aromatic rings. The van der Waals surface area contributed by atoms with Gasteiger partial charge in [0.05, 0.1) is 0 Å². The Morgan fingerprint density at radius 2 is 1.00 bits per heavy atom. The van der Waals surface area contributed by atoms with Crippen molar-refractivity contribution >= 4 is 8.41 Å². The molecule has 0 unspecified atom stereocenters. The quantitative estimate of drug-likeness (QED) is 0.533. The first-order valence-electron chi connectivity index (χ1n) is 0. The Labute approximate surface area is 82.2 Å². The summed E-state index contributed by atoms with van der Waals surface area (Å²) in [7, 11) is 0. The van der Waals surface area contributed by atoms with Crippen LogP contribution in [0.4, 0.5) is 0 Å². The van der Waals surface area contributed by atoms with Crippen LogP contribution in [-0.4, -0.2) is 8.41 Å². The third-order valence-corrected chi connectivity index (χ3v) is 0. The van der Waals surface area contributed by atoms with Gasteiger partial charge in [-0.15, -0.1) is 0 Å². The van der Waals surface area contributed by atoms with Crippen molar-refractivity contribution in [1.29, 1.82) is 0 Å². The Kier molecular flexibility index (Phi) is 337. The van der Waals surface area contributed by atoms with Gasteiger partial charge in [0.1, 0.15) is 0 Å². The van der Waals surface area contributed by atoms with E-state index in [0.717, 1.165) is 0 Å². The molecule has 0 aliphatic carbocycles. The summed E-state index contributed by atoms with van der Waals surface area (Å²) in [6, 6.07) is 0. The summed E-state index contributed by atoms with van der Waals surface area (Å²) in [6.45, 7) is 0. The van der Waals surface area contributed by atoms with Crippen molar-refractivity contribution in [3.63, 3.8) is 0 Å². The SMILES string of the molecule is [B].[Cu].[Mn].[Mo].[Zn]. The van der Waals surface area contributed by atoms with E-state index in [9.17, 15) is 0 Å². The maximum atomic E-state index is 0. The summed E-state index contributed by atoms with van der Waals surface area (Å²) < 4.78 is 0. The molecular formula is BCuMnMoZn. The van der Waals surface area contributed by atoms with Crippen LogP contribution in [0.3, 0.4) is 0 Å². The van der Waals surface area contributed by atoms with Crippen LogP contribution >= 0.6 is 0 Å². The zero-order chi connectivity index (χ0) is 0. The van der Waals surface area contributed by atoms with Crippen molar-refractivity contribution in [1.82, 2.24) is 0 Å². The van der Waals surface area contributed by atoms with Crippen LogP contribution in [0.15, 0.2) is 0 Å². The third-order valence-electron chi connectivity index (χ3n) is 0. The molecule has 5 radical (unpaired) electrons. The number of hydrogen-bond donors (Lipinski definition) is 0. The normalized spacial score (nSPS) is 0. The van der Waals surface area contributed by atoms with Crippen molar-refractivity contribution in [2.75, 3.05) is 0 Å². The molecular weight excluding hydrogens is 291 g/mol. The van der Waals surface area contributed by atoms with Crippen LogP contribution in [0.25, 0.3) is 0 Å². The topological polar surface area (TPSA) is 0 Å². The molecule has 0 fully saturated rings. The molecule has 5 heavy (non-hydrogen) atoms. The monoisotopic (exact) mass is 291 g/mol. The van der Waals surface area contributed by atoms with Gasteiger partial charge in [-0.1, -0.05) is 0 Å². The molecule has 0 spiro atoms. The van der Waals surface area contributed by atoms with Gasteiger partial charge in [-0.3, -0.25) is 0 Å². The van der Waals surface area contributed by atoms with Gasteiger partial charge in [0, 0.05) is 83.1 Å². The smallest absolute Gasteiger partial charge is 0 e. The molecule has 0 rings (SSSR count). The maximum Gasteiger partial charge on any atom is 0 e. The van der Waals surface area contributed by atoms with E-state index in [2.05, 4.69) is 0 Å². The van der Waals surface area contributed by atoms with E-state index in [-0.39, 0.29) is 83.1 Å². The first-order chi connectivity index (χ1) is 0. The largest absolute Gasteiger partial charge is 0 e. The van der Waals surface area contributed by atoms with Crippen LogP contribution in [-0.2, 0) is 74.7 Å². The van der Waals surface area contributed by atoms with Crippen LogP contribution < -0.4 is 0 Å². The first-order valence-corrected chi connectivity index (χ1v) is 0. The van der Waals surface area contributed by atoms with Gasteiger partial charge >= 0.3 is 0 Å². The minimum atomic E-state index is 0. The molecule has 0 aromatic carbocycles. The summed E-state index contributed by atoms with van der Waals surface area (Å²) in [6.07, 6.45) is 0. The fraction of sp³-hybridized carbons (Fsp3) is 0. The fourth-order valence-corrected chi connectivity index (χ4v) is 0. The molecule has 0 N–H and O–H groups in total. The molecule has 0 saturated carbocycles. The van der Waals surface area contributed by atoms with Crippen molar-refractivity contribution in [2.24, 2.45) is 0 Å². The Bertz CT molecular complexity index is 11.6. The van der Waals surface area contributed by atoms with E-state index in [4.69, 9.17) is 0 Å². The van der Waals surface area contributed by atoms with Gasteiger partial charge in [-0.2, -0.15) is 0 Å². The molecule has 0 amide bonds. The average molecular weight is 291 g/mol. The number of hydrogen-bond acceptors (Lipinski definition) is 0. The fourth-order valence-electron chi connectivity index (χ4n) is 0. The first kappa shape index (κ1) is 52.3. The van der Waals surface area contributed by atoms with Crippen molar-refractivity contribution < 1.29 is 74.7 Å². The van der Waals surface area contributed by atoms with E-state index in [1.807, 2.05) is 0 Å². The van der Waals surface area contributed by atoms with Gasteiger partial charge < -0.3 is 0 Å². The minimum Gasteiger partial charge on any atom is 0 e. The zero-order valence-electron chi connectivity index (χ0n) is 2.37. The van der Waals surface area contributed by atoms with Crippen molar-refractivity contribution in [2.45, 2.75) is 0 Å². The van der Waals surface area contributed by atoms with Gasteiger partial charge in [0.2, 0.25) is 0 Å². The summed E-state index contributed by atoms with van der Waals surface area (Å²) in [4.78, 5) is 0. The van der Waals surface area contributed by atoms with Gasteiger partial charge in [0.15, 0.2) is 0 Å². The second-order valence-electron chi connectivity index (χ2n) is 0. The van der Waals surface area contributed by atoms with Gasteiger partial charge in [0.25, 0.3) is 0 Å². The van der Waals surface area contributed by atoms with Crippen LogP contribution in [0.5, 0.6) is 0 Å². The Hall–Kier alpha value is 2.42.